The molecule has 0 radical (unpaired) electrons. The quantitative estimate of drug-likeness (QED) is 0.612. The van der Waals surface area contributed by atoms with Crippen LogP contribution in [-0.2, 0) is 9.31 Å². The van der Waals surface area contributed by atoms with Gasteiger partial charge >= 0.3 is 7.12 Å². The zero-order valence-corrected chi connectivity index (χ0v) is 14.0. The van der Waals surface area contributed by atoms with Gasteiger partial charge in [0.2, 0.25) is 0 Å². The molecule has 1 heterocycles. The van der Waals surface area contributed by atoms with Gasteiger partial charge < -0.3 is 9.31 Å². The number of unbranched alkanes of at least 4 members (excludes halogenated alkanes) is 1. The third kappa shape index (κ3) is 3.34. The van der Waals surface area contributed by atoms with Crippen LogP contribution < -0.4 is 5.46 Å². The second kappa shape index (κ2) is 5.87. The van der Waals surface area contributed by atoms with Crippen molar-refractivity contribution in [3.05, 3.63) is 29.3 Å². The molecular formula is C18H25BO2. The minimum Gasteiger partial charge on any atom is -0.399 e. The van der Waals surface area contributed by atoms with Crippen molar-refractivity contribution >= 4 is 12.6 Å². The molecule has 0 aliphatic carbocycles. The Bertz CT molecular complexity index is 563. The van der Waals surface area contributed by atoms with E-state index in [2.05, 4.69) is 71.6 Å². The van der Waals surface area contributed by atoms with Crippen LogP contribution in [0.25, 0.3) is 0 Å². The molecule has 1 fully saturated rings. The van der Waals surface area contributed by atoms with Crippen LogP contribution in [0.2, 0.25) is 0 Å². The smallest absolute Gasteiger partial charge is 0.399 e. The van der Waals surface area contributed by atoms with E-state index in [4.69, 9.17) is 9.31 Å². The van der Waals surface area contributed by atoms with Crippen LogP contribution >= 0.6 is 0 Å². The van der Waals surface area contributed by atoms with Crippen molar-refractivity contribution in [3.8, 4) is 11.8 Å². The number of hydrogen-bond donors (Lipinski definition) is 0. The molecule has 2 rings (SSSR count). The molecule has 1 aromatic carbocycles. The summed E-state index contributed by atoms with van der Waals surface area (Å²) >= 11 is 0. The van der Waals surface area contributed by atoms with E-state index < -0.39 is 0 Å². The molecule has 1 aliphatic rings. The van der Waals surface area contributed by atoms with Gasteiger partial charge in [0, 0.05) is 12.0 Å². The average molecular weight is 284 g/mol. The Balaban J connectivity index is 2.35. The Morgan fingerprint density at radius 2 is 1.71 bits per heavy atom. The van der Waals surface area contributed by atoms with E-state index in [1.54, 1.807) is 0 Å². The second-order valence-electron chi connectivity index (χ2n) is 6.73. The molecule has 0 aromatic heterocycles. The summed E-state index contributed by atoms with van der Waals surface area (Å²) < 4.78 is 12.3. The highest BCUT2D eigenvalue weighted by atomic mass is 16.7. The summed E-state index contributed by atoms with van der Waals surface area (Å²) in [7, 11) is -0.346. The van der Waals surface area contributed by atoms with Gasteiger partial charge in [0.1, 0.15) is 0 Å². The third-order valence-corrected chi connectivity index (χ3v) is 4.31. The lowest BCUT2D eigenvalue weighted by atomic mass is 9.75. The molecule has 1 aliphatic heterocycles. The highest BCUT2D eigenvalue weighted by Gasteiger charge is 2.52. The van der Waals surface area contributed by atoms with Crippen molar-refractivity contribution in [3.63, 3.8) is 0 Å². The van der Waals surface area contributed by atoms with Gasteiger partial charge in [-0.05, 0) is 58.1 Å². The third-order valence-electron chi connectivity index (χ3n) is 4.31. The average Bonchev–Trinajstić information content (AvgIpc) is 2.58. The van der Waals surface area contributed by atoms with Crippen molar-refractivity contribution in [1.82, 2.24) is 0 Å². The Morgan fingerprint density at radius 1 is 1.10 bits per heavy atom. The molecular weight excluding hydrogens is 259 g/mol. The zero-order valence-electron chi connectivity index (χ0n) is 14.0. The standard InChI is InChI=1S/C18H25BO2/c1-7-8-9-10-15-13-14(2)11-12-16(15)19-20-17(3,4)18(5,6)21-19/h11-13H,7-8H2,1-6H3. The van der Waals surface area contributed by atoms with Crippen molar-refractivity contribution in [2.24, 2.45) is 0 Å². The predicted octanol–water partition coefficient (Wildman–Crippen LogP) is 3.45. The summed E-state index contributed by atoms with van der Waals surface area (Å²) in [6, 6.07) is 6.28. The Kier molecular flexibility index (Phi) is 4.51. The fourth-order valence-electron chi connectivity index (χ4n) is 2.24. The van der Waals surface area contributed by atoms with Crippen molar-refractivity contribution in [2.45, 2.75) is 65.6 Å². The molecule has 0 atom stereocenters. The molecule has 0 amide bonds. The second-order valence-corrected chi connectivity index (χ2v) is 6.73. The summed E-state index contributed by atoms with van der Waals surface area (Å²) in [5.74, 6) is 6.50. The van der Waals surface area contributed by atoms with Crippen molar-refractivity contribution in [2.75, 3.05) is 0 Å². The van der Waals surface area contributed by atoms with Crippen molar-refractivity contribution < 1.29 is 9.31 Å². The van der Waals surface area contributed by atoms with Gasteiger partial charge in [0.15, 0.2) is 0 Å². The van der Waals surface area contributed by atoms with Crippen LogP contribution in [0.5, 0.6) is 0 Å². The van der Waals surface area contributed by atoms with E-state index in [0.29, 0.717) is 0 Å². The Labute approximate surface area is 129 Å². The highest BCUT2D eigenvalue weighted by Crippen LogP contribution is 2.36. The monoisotopic (exact) mass is 284 g/mol. The van der Waals surface area contributed by atoms with E-state index in [1.807, 2.05) is 0 Å². The fourth-order valence-corrected chi connectivity index (χ4v) is 2.24. The number of hydrogen-bond acceptors (Lipinski definition) is 2. The first kappa shape index (κ1) is 16.1. The van der Waals surface area contributed by atoms with E-state index in [0.717, 1.165) is 23.9 Å². The number of rotatable bonds is 2. The molecule has 1 aromatic rings. The lowest BCUT2D eigenvalue weighted by molar-refractivity contribution is 0.00578. The molecule has 1 saturated heterocycles. The molecule has 3 heteroatoms. The summed E-state index contributed by atoms with van der Waals surface area (Å²) in [4.78, 5) is 0. The lowest BCUT2D eigenvalue weighted by Gasteiger charge is -2.32. The SMILES string of the molecule is CCCC#Cc1cc(C)ccc1B1OC(C)(C)C(C)(C)O1. The lowest BCUT2D eigenvalue weighted by Crippen LogP contribution is -2.41. The van der Waals surface area contributed by atoms with Gasteiger partial charge in [0.05, 0.1) is 11.2 Å². The van der Waals surface area contributed by atoms with Crippen LogP contribution in [0.15, 0.2) is 18.2 Å². The zero-order chi connectivity index (χ0) is 15.7. The molecule has 0 bridgehead atoms. The summed E-state index contributed by atoms with van der Waals surface area (Å²) in [5.41, 5.74) is 2.61. The number of aryl methyl sites for hydroxylation is 1. The normalized spacial score (nSPS) is 19.2. The Morgan fingerprint density at radius 3 is 2.29 bits per heavy atom. The number of benzene rings is 1. The minimum atomic E-state index is -0.346. The molecule has 0 saturated carbocycles. The van der Waals surface area contributed by atoms with Crippen LogP contribution in [-0.4, -0.2) is 18.3 Å². The maximum atomic E-state index is 6.15. The summed E-state index contributed by atoms with van der Waals surface area (Å²) in [6.45, 7) is 12.5. The fraction of sp³-hybridized carbons (Fsp3) is 0.556. The van der Waals surface area contributed by atoms with Crippen molar-refractivity contribution in [1.29, 1.82) is 0 Å². The largest absolute Gasteiger partial charge is 0.496 e. The first-order chi connectivity index (χ1) is 9.77. The van der Waals surface area contributed by atoms with Gasteiger partial charge in [-0.3, -0.25) is 0 Å². The van der Waals surface area contributed by atoms with Crippen LogP contribution in [0, 0.1) is 18.8 Å². The molecule has 112 valence electrons. The Hall–Kier alpha value is -1.24. The first-order valence-corrected chi connectivity index (χ1v) is 7.72. The molecule has 0 unspecified atom stereocenters. The topological polar surface area (TPSA) is 18.5 Å². The molecule has 0 N–H and O–H groups in total. The highest BCUT2D eigenvalue weighted by molar-refractivity contribution is 6.62. The minimum absolute atomic E-state index is 0.323. The van der Waals surface area contributed by atoms with E-state index in [9.17, 15) is 0 Å². The van der Waals surface area contributed by atoms with Gasteiger partial charge in [0.25, 0.3) is 0 Å². The molecule has 0 spiro atoms. The van der Waals surface area contributed by atoms with Gasteiger partial charge in [-0.25, -0.2) is 0 Å². The first-order valence-electron chi connectivity index (χ1n) is 7.72. The maximum Gasteiger partial charge on any atom is 0.496 e. The summed E-state index contributed by atoms with van der Waals surface area (Å²) in [5, 5.41) is 0. The van der Waals surface area contributed by atoms with Gasteiger partial charge in [-0.15, -0.1) is 0 Å². The molecule has 2 nitrogen and oxygen atoms in total. The van der Waals surface area contributed by atoms with Gasteiger partial charge in [-0.1, -0.05) is 30.9 Å². The van der Waals surface area contributed by atoms with E-state index in [-0.39, 0.29) is 18.3 Å². The maximum absolute atomic E-state index is 6.15. The summed E-state index contributed by atoms with van der Waals surface area (Å²) in [6.07, 6.45) is 1.99. The van der Waals surface area contributed by atoms with E-state index >= 15 is 0 Å². The predicted molar refractivity (Wildman–Crippen MR) is 88.7 cm³/mol. The van der Waals surface area contributed by atoms with Crippen LogP contribution in [0.1, 0.15) is 58.6 Å². The van der Waals surface area contributed by atoms with Crippen LogP contribution in [0.3, 0.4) is 0 Å². The van der Waals surface area contributed by atoms with Crippen LogP contribution in [0.4, 0.5) is 0 Å². The van der Waals surface area contributed by atoms with Gasteiger partial charge in [-0.2, -0.15) is 0 Å². The van der Waals surface area contributed by atoms with E-state index in [1.165, 1.54) is 5.56 Å². The molecule has 21 heavy (non-hydrogen) atoms.